The zero-order valence-corrected chi connectivity index (χ0v) is 18.2. The molecule has 31 heavy (non-hydrogen) atoms. The third kappa shape index (κ3) is 4.76. The first-order chi connectivity index (χ1) is 14.9. The number of carbonyl (C=O) groups is 2. The summed E-state index contributed by atoms with van der Waals surface area (Å²) in [4.78, 5) is 23.8. The minimum absolute atomic E-state index is 0.0405. The average Bonchev–Trinajstić information content (AvgIpc) is 2.78. The Bertz CT molecular complexity index is 928. The topological polar surface area (TPSA) is 91.3 Å². The predicted molar refractivity (Wildman–Crippen MR) is 114 cm³/mol. The van der Waals surface area contributed by atoms with E-state index in [4.69, 9.17) is 24.1 Å². The number of methoxy groups -OCH3 is 3. The molecule has 2 aromatic carbocycles. The Morgan fingerprint density at radius 3 is 2.32 bits per heavy atom. The SMILES string of the molecule is COc1cc([C@H]2C[C@@H](c3ccccc3CCC(=O)O)[C@H](C)C(=O)O2)cc(OC)c1OC. The lowest BCUT2D eigenvalue weighted by atomic mass is 9.77. The lowest BCUT2D eigenvalue weighted by Gasteiger charge is -2.35. The van der Waals surface area contributed by atoms with Gasteiger partial charge < -0.3 is 24.1 Å². The van der Waals surface area contributed by atoms with Crippen molar-refractivity contribution >= 4 is 11.9 Å². The Morgan fingerprint density at radius 1 is 1.10 bits per heavy atom. The largest absolute Gasteiger partial charge is 0.493 e. The van der Waals surface area contributed by atoms with Crippen LogP contribution in [0.5, 0.6) is 17.2 Å². The summed E-state index contributed by atoms with van der Waals surface area (Å²) in [6.07, 6.45) is 0.530. The molecule has 0 bridgehead atoms. The first kappa shape index (κ1) is 22.5. The molecule has 3 atom stereocenters. The molecule has 7 heteroatoms. The van der Waals surface area contributed by atoms with E-state index < -0.39 is 12.1 Å². The number of carboxylic acids is 1. The van der Waals surface area contributed by atoms with Gasteiger partial charge in [-0.05, 0) is 36.1 Å². The summed E-state index contributed by atoms with van der Waals surface area (Å²) >= 11 is 0. The number of carbonyl (C=O) groups excluding carboxylic acids is 1. The van der Waals surface area contributed by atoms with Crippen molar-refractivity contribution < 1.29 is 33.6 Å². The molecule has 0 aromatic heterocycles. The van der Waals surface area contributed by atoms with Gasteiger partial charge in [-0.25, -0.2) is 0 Å². The van der Waals surface area contributed by atoms with E-state index in [9.17, 15) is 9.59 Å². The van der Waals surface area contributed by atoms with E-state index in [1.54, 1.807) is 12.1 Å². The van der Waals surface area contributed by atoms with E-state index in [1.807, 2.05) is 31.2 Å². The monoisotopic (exact) mass is 428 g/mol. The second kappa shape index (κ2) is 9.73. The number of hydrogen-bond donors (Lipinski definition) is 1. The highest BCUT2D eigenvalue weighted by atomic mass is 16.5. The fraction of sp³-hybridized carbons (Fsp3) is 0.417. The Hall–Kier alpha value is -3.22. The van der Waals surface area contributed by atoms with Gasteiger partial charge in [-0.1, -0.05) is 31.2 Å². The van der Waals surface area contributed by atoms with Crippen LogP contribution in [0.2, 0.25) is 0 Å². The third-order valence-corrected chi connectivity index (χ3v) is 5.82. The fourth-order valence-electron chi connectivity index (χ4n) is 4.15. The van der Waals surface area contributed by atoms with Crippen LogP contribution in [0.3, 0.4) is 0 Å². The maximum Gasteiger partial charge on any atom is 0.309 e. The van der Waals surface area contributed by atoms with Crippen molar-refractivity contribution in [2.45, 2.75) is 38.2 Å². The summed E-state index contributed by atoms with van der Waals surface area (Å²) in [5, 5.41) is 9.09. The summed E-state index contributed by atoms with van der Waals surface area (Å²) in [5.74, 6) is -0.126. The number of hydrogen-bond acceptors (Lipinski definition) is 6. The molecule has 0 amide bonds. The molecule has 2 aromatic rings. The zero-order chi connectivity index (χ0) is 22.5. The number of esters is 1. The molecule has 7 nitrogen and oxygen atoms in total. The Balaban J connectivity index is 1.97. The summed E-state index contributed by atoms with van der Waals surface area (Å²) in [7, 11) is 4.61. The lowest BCUT2D eigenvalue weighted by Crippen LogP contribution is -2.32. The van der Waals surface area contributed by atoms with Crippen LogP contribution < -0.4 is 14.2 Å². The van der Waals surface area contributed by atoms with Crippen LogP contribution in [0.1, 0.15) is 48.5 Å². The van der Waals surface area contributed by atoms with E-state index >= 15 is 0 Å². The van der Waals surface area contributed by atoms with Gasteiger partial charge in [0.2, 0.25) is 5.75 Å². The van der Waals surface area contributed by atoms with Gasteiger partial charge >= 0.3 is 11.9 Å². The molecule has 0 saturated carbocycles. The summed E-state index contributed by atoms with van der Waals surface area (Å²) in [5.41, 5.74) is 2.69. The van der Waals surface area contributed by atoms with E-state index in [0.717, 1.165) is 16.7 Å². The number of carboxylic acid groups (broad SMARTS) is 1. The summed E-state index contributed by atoms with van der Waals surface area (Å²) in [6.45, 7) is 1.85. The van der Waals surface area contributed by atoms with E-state index in [-0.39, 0.29) is 24.2 Å². The molecule has 1 aliphatic rings. The smallest absolute Gasteiger partial charge is 0.309 e. The normalized spacial score (nSPS) is 20.6. The number of aliphatic carboxylic acids is 1. The highest BCUT2D eigenvalue weighted by Gasteiger charge is 2.38. The summed E-state index contributed by atoms with van der Waals surface area (Å²) < 4.78 is 22.0. The average molecular weight is 428 g/mol. The molecule has 1 heterocycles. The van der Waals surface area contributed by atoms with Gasteiger partial charge in [0.1, 0.15) is 6.10 Å². The summed E-state index contributed by atoms with van der Waals surface area (Å²) in [6, 6.07) is 11.3. The lowest BCUT2D eigenvalue weighted by molar-refractivity contribution is -0.161. The van der Waals surface area contributed by atoms with Gasteiger partial charge in [-0.2, -0.15) is 0 Å². The minimum atomic E-state index is -0.846. The Kier molecular flexibility index (Phi) is 7.05. The molecule has 0 unspecified atom stereocenters. The highest BCUT2D eigenvalue weighted by molar-refractivity contribution is 5.75. The quantitative estimate of drug-likeness (QED) is 0.632. The molecule has 0 aliphatic carbocycles. The number of rotatable bonds is 8. The van der Waals surface area contributed by atoms with Gasteiger partial charge in [-0.15, -0.1) is 0 Å². The maximum absolute atomic E-state index is 12.8. The number of ether oxygens (including phenoxy) is 4. The minimum Gasteiger partial charge on any atom is -0.493 e. The van der Waals surface area contributed by atoms with Crippen molar-refractivity contribution in [3.63, 3.8) is 0 Å². The Labute approximate surface area is 181 Å². The Morgan fingerprint density at radius 2 is 1.74 bits per heavy atom. The molecule has 1 saturated heterocycles. The zero-order valence-electron chi connectivity index (χ0n) is 18.2. The van der Waals surface area contributed by atoms with E-state index in [0.29, 0.717) is 30.1 Å². The van der Waals surface area contributed by atoms with Crippen LogP contribution in [-0.4, -0.2) is 38.4 Å². The van der Waals surface area contributed by atoms with Crippen LogP contribution in [0.4, 0.5) is 0 Å². The molecule has 3 rings (SSSR count). The van der Waals surface area contributed by atoms with Gasteiger partial charge in [0.25, 0.3) is 0 Å². The molecular weight excluding hydrogens is 400 g/mol. The van der Waals surface area contributed by atoms with Crippen molar-refractivity contribution in [3.05, 3.63) is 53.1 Å². The fourth-order valence-corrected chi connectivity index (χ4v) is 4.15. The molecule has 1 fully saturated rings. The van der Waals surface area contributed by atoms with Crippen molar-refractivity contribution in [3.8, 4) is 17.2 Å². The maximum atomic E-state index is 12.8. The standard InChI is InChI=1S/C24H28O7/c1-14-18(17-8-6-5-7-15(17)9-10-22(25)26)13-19(31-24(14)27)16-11-20(28-2)23(30-4)21(12-16)29-3/h5-8,11-12,14,18-19H,9-10,13H2,1-4H3,(H,25,26)/t14-,18+,19+/m0/s1. The van der Waals surface area contributed by atoms with Crippen molar-refractivity contribution in [1.82, 2.24) is 0 Å². The first-order valence-corrected chi connectivity index (χ1v) is 10.2. The number of aryl methyl sites for hydroxylation is 1. The molecule has 166 valence electrons. The molecule has 1 N–H and O–H groups in total. The molecule has 0 spiro atoms. The highest BCUT2D eigenvalue weighted by Crippen LogP contribution is 2.46. The molecule has 1 aliphatic heterocycles. The molecule has 0 radical (unpaired) electrons. The van der Waals surface area contributed by atoms with Gasteiger partial charge in [0, 0.05) is 17.9 Å². The first-order valence-electron chi connectivity index (χ1n) is 10.2. The third-order valence-electron chi connectivity index (χ3n) is 5.82. The number of benzene rings is 2. The van der Waals surface area contributed by atoms with Gasteiger partial charge in [-0.3, -0.25) is 9.59 Å². The van der Waals surface area contributed by atoms with Gasteiger partial charge in [0.05, 0.1) is 27.2 Å². The van der Waals surface area contributed by atoms with Crippen molar-refractivity contribution in [2.75, 3.05) is 21.3 Å². The van der Waals surface area contributed by atoms with Crippen LogP contribution in [0.15, 0.2) is 36.4 Å². The van der Waals surface area contributed by atoms with Crippen LogP contribution >= 0.6 is 0 Å². The van der Waals surface area contributed by atoms with E-state index in [2.05, 4.69) is 0 Å². The van der Waals surface area contributed by atoms with Crippen molar-refractivity contribution in [1.29, 1.82) is 0 Å². The number of cyclic esters (lactones) is 1. The van der Waals surface area contributed by atoms with Crippen LogP contribution in [0.25, 0.3) is 0 Å². The van der Waals surface area contributed by atoms with Crippen LogP contribution in [-0.2, 0) is 20.7 Å². The second-order valence-corrected chi connectivity index (χ2v) is 7.61. The predicted octanol–water partition coefficient (Wildman–Crippen LogP) is 4.14. The van der Waals surface area contributed by atoms with Crippen LogP contribution in [0, 0.1) is 5.92 Å². The molecular formula is C24H28O7. The van der Waals surface area contributed by atoms with E-state index in [1.165, 1.54) is 21.3 Å². The second-order valence-electron chi connectivity index (χ2n) is 7.61. The van der Waals surface area contributed by atoms with Crippen molar-refractivity contribution in [2.24, 2.45) is 5.92 Å². The van der Waals surface area contributed by atoms with Gasteiger partial charge in [0.15, 0.2) is 11.5 Å².